The lowest BCUT2D eigenvalue weighted by molar-refractivity contribution is -0.119. The van der Waals surface area contributed by atoms with E-state index in [2.05, 4.69) is 15.2 Å². The Kier molecular flexibility index (Phi) is 10.0. The summed E-state index contributed by atoms with van der Waals surface area (Å²) >= 11 is 0. The van der Waals surface area contributed by atoms with Crippen LogP contribution in [-0.2, 0) is 14.8 Å². The topological polar surface area (TPSA) is 108 Å². The van der Waals surface area contributed by atoms with Crippen LogP contribution in [0.3, 0.4) is 0 Å². The highest BCUT2D eigenvalue weighted by molar-refractivity contribution is 14.0. The highest BCUT2D eigenvalue weighted by Crippen LogP contribution is 2.24. The first kappa shape index (κ1) is 25.9. The van der Waals surface area contributed by atoms with E-state index < -0.39 is 10.0 Å². The van der Waals surface area contributed by atoms with Gasteiger partial charge < -0.3 is 16.0 Å². The molecule has 1 unspecified atom stereocenters. The molecule has 2 fully saturated rings. The fourth-order valence-corrected chi connectivity index (χ4v) is 5.86. The number of carbonyl (C=O) groups excluding carboxylic acids is 1. The van der Waals surface area contributed by atoms with Gasteiger partial charge >= 0.3 is 0 Å². The van der Waals surface area contributed by atoms with Crippen LogP contribution in [0.1, 0.15) is 32.1 Å². The second-order valence-electron chi connectivity index (χ2n) is 8.21. The monoisotopic (exact) mass is 563 g/mol. The van der Waals surface area contributed by atoms with E-state index >= 15 is 0 Å². The van der Waals surface area contributed by atoms with Crippen LogP contribution in [0, 0.1) is 11.8 Å². The van der Waals surface area contributed by atoms with Crippen molar-refractivity contribution in [3.05, 3.63) is 30.3 Å². The van der Waals surface area contributed by atoms with Crippen LogP contribution in [0.4, 0.5) is 0 Å². The summed E-state index contributed by atoms with van der Waals surface area (Å²) in [5.41, 5.74) is 5.36. The zero-order chi connectivity index (χ0) is 21.6. The van der Waals surface area contributed by atoms with Gasteiger partial charge in [-0.1, -0.05) is 18.2 Å². The van der Waals surface area contributed by atoms with Crippen molar-refractivity contribution in [1.82, 2.24) is 14.5 Å². The van der Waals surface area contributed by atoms with Gasteiger partial charge in [-0.2, -0.15) is 4.31 Å². The lowest BCUT2D eigenvalue weighted by atomic mass is 9.94. The molecule has 2 aliphatic heterocycles. The Hall–Kier alpha value is -1.40. The number of likely N-dealkylation sites (tertiary alicyclic amines) is 1. The van der Waals surface area contributed by atoms with Crippen LogP contribution >= 0.6 is 24.0 Å². The Morgan fingerprint density at radius 2 is 1.81 bits per heavy atom. The summed E-state index contributed by atoms with van der Waals surface area (Å²) in [6, 6.07) is 8.63. The average Bonchev–Trinajstić information content (AvgIpc) is 2.75. The summed E-state index contributed by atoms with van der Waals surface area (Å²) in [6.07, 6.45) is 4.10. The molecule has 0 spiro atoms. The van der Waals surface area contributed by atoms with E-state index in [0.717, 1.165) is 51.3 Å². The number of amides is 1. The molecular formula is C21H34IN5O3S. The molecule has 1 amide bonds. The molecule has 1 aromatic carbocycles. The molecule has 0 saturated carbocycles. The summed E-state index contributed by atoms with van der Waals surface area (Å²) in [4.78, 5) is 18.2. The van der Waals surface area contributed by atoms with E-state index in [9.17, 15) is 13.2 Å². The van der Waals surface area contributed by atoms with E-state index in [0.29, 0.717) is 30.3 Å². The number of halogens is 1. The molecule has 2 heterocycles. The molecule has 0 radical (unpaired) electrons. The van der Waals surface area contributed by atoms with Crippen LogP contribution in [0.25, 0.3) is 0 Å². The highest BCUT2D eigenvalue weighted by atomic mass is 127. The minimum absolute atomic E-state index is 0. The maximum Gasteiger partial charge on any atom is 0.243 e. The van der Waals surface area contributed by atoms with Crippen molar-refractivity contribution in [3.63, 3.8) is 0 Å². The maximum absolute atomic E-state index is 12.8. The van der Waals surface area contributed by atoms with E-state index in [4.69, 9.17) is 5.73 Å². The van der Waals surface area contributed by atoms with Gasteiger partial charge in [0.25, 0.3) is 0 Å². The molecule has 0 aromatic heterocycles. The van der Waals surface area contributed by atoms with Gasteiger partial charge in [0.1, 0.15) is 0 Å². The lowest BCUT2D eigenvalue weighted by Gasteiger charge is -2.36. The Balaban J connectivity index is 0.00000341. The van der Waals surface area contributed by atoms with Gasteiger partial charge in [0.2, 0.25) is 15.9 Å². The van der Waals surface area contributed by atoms with E-state index in [1.807, 2.05) is 6.07 Å². The fraction of sp³-hybridized carbons (Fsp3) is 0.619. The van der Waals surface area contributed by atoms with Crippen molar-refractivity contribution >= 4 is 45.9 Å². The first-order valence-corrected chi connectivity index (χ1v) is 12.1. The molecule has 1 aromatic rings. The minimum Gasteiger partial charge on any atom is -0.370 e. The van der Waals surface area contributed by atoms with Gasteiger partial charge in [-0.15, -0.1) is 24.0 Å². The number of aliphatic imine (C=N–C) groups is 1. The second-order valence-corrected chi connectivity index (χ2v) is 10.2. The number of carbonyl (C=O) groups is 1. The number of rotatable bonds is 6. The van der Waals surface area contributed by atoms with Crippen LogP contribution in [0.2, 0.25) is 0 Å². The number of nitrogens with two attached hydrogens (primary N) is 1. The lowest BCUT2D eigenvalue weighted by Crippen LogP contribution is -2.49. The third kappa shape index (κ3) is 7.04. The standard InChI is InChI=1S/C21H33N5O3S.HI/c1-23-21(25-11-5-6-18(16-25)14-20(22)27)24-15-17-9-12-26(13-10-17)30(28,29)19-7-3-2-4-8-19;/h2-4,7-8,17-18H,5-6,9-16H2,1H3,(H2,22,27)(H,23,24);1H. The molecule has 1 atom stereocenters. The van der Waals surface area contributed by atoms with Crippen LogP contribution in [0.15, 0.2) is 40.2 Å². The molecule has 2 aliphatic rings. The number of nitrogens with one attached hydrogen (secondary N) is 1. The number of guanidine groups is 1. The van der Waals surface area contributed by atoms with Gasteiger partial charge in [0.05, 0.1) is 4.90 Å². The maximum atomic E-state index is 12.8. The Morgan fingerprint density at radius 1 is 1.13 bits per heavy atom. The van der Waals surface area contributed by atoms with Crippen LogP contribution in [0.5, 0.6) is 0 Å². The van der Waals surface area contributed by atoms with Gasteiger partial charge in [0.15, 0.2) is 5.96 Å². The Bertz CT molecular complexity index is 842. The summed E-state index contributed by atoms with van der Waals surface area (Å²) in [7, 11) is -1.64. The SMILES string of the molecule is CN=C(NCC1CCN(S(=O)(=O)c2ccccc2)CC1)N1CCCC(CC(N)=O)C1.I. The largest absolute Gasteiger partial charge is 0.370 e. The van der Waals surface area contributed by atoms with Gasteiger partial charge in [-0.3, -0.25) is 9.79 Å². The number of nitrogens with zero attached hydrogens (tertiary/aromatic N) is 3. The number of hydrogen-bond donors (Lipinski definition) is 2. The molecule has 0 aliphatic carbocycles. The Labute approximate surface area is 202 Å². The summed E-state index contributed by atoms with van der Waals surface area (Å²) in [5.74, 6) is 1.28. The van der Waals surface area contributed by atoms with Crippen molar-refractivity contribution in [2.75, 3.05) is 39.8 Å². The van der Waals surface area contributed by atoms with Crippen molar-refractivity contribution in [2.24, 2.45) is 22.6 Å². The number of piperidine rings is 2. The first-order chi connectivity index (χ1) is 14.4. The van der Waals surface area contributed by atoms with Crippen molar-refractivity contribution in [2.45, 2.75) is 37.0 Å². The van der Waals surface area contributed by atoms with E-state index in [-0.39, 0.29) is 35.8 Å². The fourth-order valence-electron chi connectivity index (χ4n) is 4.37. The molecule has 3 N–H and O–H groups in total. The van der Waals surface area contributed by atoms with Gasteiger partial charge in [0, 0.05) is 46.2 Å². The molecule has 3 rings (SSSR count). The molecule has 8 nitrogen and oxygen atoms in total. The number of primary amides is 1. The smallest absolute Gasteiger partial charge is 0.243 e. The van der Waals surface area contributed by atoms with Crippen LogP contribution < -0.4 is 11.1 Å². The number of benzene rings is 1. The van der Waals surface area contributed by atoms with Gasteiger partial charge in [-0.05, 0) is 49.7 Å². The van der Waals surface area contributed by atoms with Crippen molar-refractivity contribution in [1.29, 1.82) is 0 Å². The number of hydrogen-bond acceptors (Lipinski definition) is 4. The molecule has 2 saturated heterocycles. The zero-order valence-corrected chi connectivity index (χ0v) is 21.2. The summed E-state index contributed by atoms with van der Waals surface area (Å²) in [6.45, 7) is 3.54. The first-order valence-electron chi connectivity index (χ1n) is 10.7. The molecule has 10 heteroatoms. The van der Waals surface area contributed by atoms with Crippen molar-refractivity contribution in [3.8, 4) is 0 Å². The minimum atomic E-state index is -3.41. The second kappa shape index (κ2) is 12.0. The van der Waals surface area contributed by atoms with Crippen molar-refractivity contribution < 1.29 is 13.2 Å². The zero-order valence-electron chi connectivity index (χ0n) is 18.1. The normalized spacial score (nSPS) is 21.4. The molecular weight excluding hydrogens is 529 g/mol. The predicted molar refractivity (Wildman–Crippen MR) is 133 cm³/mol. The van der Waals surface area contributed by atoms with E-state index in [1.165, 1.54) is 0 Å². The molecule has 174 valence electrons. The molecule has 31 heavy (non-hydrogen) atoms. The quantitative estimate of drug-likeness (QED) is 0.312. The third-order valence-electron chi connectivity index (χ3n) is 6.02. The molecule has 0 bridgehead atoms. The third-order valence-corrected chi connectivity index (χ3v) is 7.94. The number of sulfonamides is 1. The average molecular weight is 564 g/mol. The van der Waals surface area contributed by atoms with Gasteiger partial charge in [-0.25, -0.2) is 8.42 Å². The summed E-state index contributed by atoms with van der Waals surface area (Å²) < 4.78 is 27.1. The highest BCUT2D eigenvalue weighted by Gasteiger charge is 2.30. The Morgan fingerprint density at radius 3 is 2.42 bits per heavy atom. The van der Waals surface area contributed by atoms with E-state index in [1.54, 1.807) is 35.6 Å². The van der Waals surface area contributed by atoms with Crippen LogP contribution in [-0.4, -0.2) is 69.3 Å². The predicted octanol–water partition coefficient (Wildman–Crippen LogP) is 1.87. The summed E-state index contributed by atoms with van der Waals surface area (Å²) in [5, 5.41) is 3.46.